The number of carbonyl (C=O) groups excluding carboxylic acids is 1. The van der Waals surface area contributed by atoms with Crippen molar-refractivity contribution in [3.05, 3.63) is 35.4 Å². The van der Waals surface area contributed by atoms with Crippen LogP contribution in [0.15, 0.2) is 24.3 Å². The quantitative estimate of drug-likeness (QED) is 0.813. The Labute approximate surface area is 121 Å². The topological polar surface area (TPSA) is 50.4 Å². The van der Waals surface area contributed by atoms with E-state index in [0.717, 1.165) is 0 Å². The first kappa shape index (κ1) is 16.5. The van der Waals surface area contributed by atoms with Gasteiger partial charge >= 0.3 is 6.09 Å². The third kappa shape index (κ3) is 6.06. The van der Waals surface area contributed by atoms with Crippen molar-refractivity contribution in [3.63, 3.8) is 0 Å². The zero-order chi connectivity index (χ0) is 15.2. The van der Waals surface area contributed by atoms with E-state index < -0.39 is 5.60 Å². The molecule has 0 spiro atoms. The van der Waals surface area contributed by atoms with E-state index in [1.54, 1.807) is 0 Å². The third-order valence-electron chi connectivity index (χ3n) is 2.90. The van der Waals surface area contributed by atoms with Crippen LogP contribution in [0.25, 0.3) is 0 Å². The maximum Gasteiger partial charge on any atom is 0.407 e. The molecular formula is C16H26N2O2. The number of hydrogen-bond donors (Lipinski definition) is 2. The summed E-state index contributed by atoms with van der Waals surface area (Å²) in [5.74, 6) is 0. The summed E-state index contributed by atoms with van der Waals surface area (Å²) in [5, 5.41) is 6.12. The van der Waals surface area contributed by atoms with Crippen LogP contribution in [0.5, 0.6) is 0 Å². The summed E-state index contributed by atoms with van der Waals surface area (Å²) >= 11 is 0. The summed E-state index contributed by atoms with van der Waals surface area (Å²) in [6, 6.07) is 8.56. The summed E-state index contributed by atoms with van der Waals surface area (Å²) in [4.78, 5) is 11.5. The average Bonchev–Trinajstić information content (AvgIpc) is 2.33. The van der Waals surface area contributed by atoms with Gasteiger partial charge in [-0.2, -0.15) is 0 Å². The third-order valence-corrected chi connectivity index (χ3v) is 2.90. The highest BCUT2D eigenvalue weighted by Crippen LogP contribution is 2.16. The van der Waals surface area contributed by atoms with Crippen LogP contribution in [0, 0.1) is 6.92 Å². The summed E-state index contributed by atoms with van der Waals surface area (Å²) in [6.45, 7) is 11.0. The molecule has 0 radical (unpaired) electrons. The lowest BCUT2D eigenvalue weighted by Crippen LogP contribution is -2.37. The number of nitrogens with one attached hydrogen (secondary N) is 2. The summed E-state index contributed by atoms with van der Waals surface area (Å²) in [5.41, 5.74) is 2.10. The van der Waals surface area contributed by atoms with Crippen molar-refractivity contribution in [2.24, 2.45) is 0 Å². The molecule has 1 rings (SSSR count). The molecule has 0 saturated heterocycles. The van der Waals surface area contributed by atoms with Gasteiger partial charge in [0.05, 0.1) is 0 Å². The smallest absolute Gasteiger partial charge is 0.407 e. The van der Waals surface area contributed by atoms with Crippen molar-refractivity contribution >= 4 is 6.09 Å². The normalized spacial score (nSPS) is 12.8. The lowest BCUT2D eigenvalue weighted by atomic mass is 10.0. The van der Waals surface area contributed by atoms with Crippen LogP contribution in [0.2, 0.25) is 0 Å². The molecule has 0 heterocycles. The minimum Gasteiger partial charge on any atom is -0.444 e. The minimum atomic E-state index is -0.452. The molecular weight excluding hydrogens is 252 g/mol. The maximum absolute atomic E-state index is 11.5. The van der Waals surface area contributed by atoms with Crippen molar-refractivity contribution in [3.8, 4) is 0 Å². The second-order valence-corrected chi connectivity index (χ2v) is 5.96. The zero-order valence-electron chi connectivity index (χ0n) is 13.1. The van der Waals surface area contributed by atoms with Gasteiger partial charge in [0, 0.05) is 19.1 Å². The molecule has 1 amide bonds. The van der Waals surface area contributed by atoms with E-state index in [0.29, 0.717) is 13.1 Å². The van der Waals surface area contributed by atoms with Crippen LogP contribution in [-0.2, 0) is 4.74 Å². The van der Waals surface area contributed by atoms with Crippen LogP contribution >= 0.6 is 0 Å². The Morgan fingerprint density at radius 3 is 2.50 bits per heavy atom. The predicted octanol–water partition coefficient (Wildman–Crippen LogP) is 3.17. The fraction of sp³-hybridized carbons (Fsp3) is 0.562. The fourth-order valence-corrected chi connectivity index (χ4v) is 1.95. The van der Waals surface area contributed by atoms with E-state index in [9.17, 15) is 4.79 Å². The Morgan fingerprint density at radius 2 is 1.90 bits per heavy atom. The Hall–Kier alpha value is -1.55. The van der Waals surface area contributed by atoms with Gasteiger partial charge in [0.15, 0.2) is 0 Å². The lowest BCUT2D eigenvalue weighted by molar-refractivity contribution is 0.0528. The summed E-state index contributed by atoms with van der Waals surface area (Å²) in [6.07, 6.45) is -0.372. The number of carbonyl (C=O) groups is 1. The Kier molecular flexibility index (Phi) is 6.02. The molecule has 0 saturated carbocycles. The van der Waals surface area contributed by atoms with Crippen molar-refractivity contribution in [1.82, 2.24) is 10.6 Å². The molecule has 4 heteroatoms. The van der Waals surface area contributed by atoms with Crippen molar-refractivity contribution in [1.29, 1.82) is 0 Å². The molecule has 20 heavy (non-hydrogen) atoms. The summed E-state index contributed by atoms with van der Waals surface area (Å²) in [7, 11) is 0. The number of benzene rings is 1. The molecule has 4 nitrogen and oxygen atoms in total. The highest BCUT2D eigenvalue weighted by Gasteiger charge is 2.15. The number of ether oxygens (including phenoxy) is 1. The first-order chi connectivity index (χ1) is 9.29. The van der Waals surface area contributed by atoms with Crippen LogP contribution in [0.1, 0.15) is 44.9 Å². The Morgan fingerprint density at radius 1 is 1.25 bits per heavy atom. The number of rotatable bonds is 5. The predicted molar refractivity (Wildman–Crippen MR) is 81.8 cm³/mol. The highest BCUT2D eigenvalue weighted by atomic mass is 16.6. The molecule has 0 aliphatic heterocycles. The van der Waals surface area contributed by atoms with Gasteiger partial charge in [0.25, 0.3) is 0 Å². The van der Waals surface area contributed by atoms with E-state index in [4.69, 9.17) is 4.74 Å². The standard InChI is InChI=1S/C16H26N2O2/c1-12-8-6-7-9-14(12)13(2)17-10-11-18-15(19)20-16(3,4)5/h6-9,13,17H,10-11H2,1-5H3,(H,18,19)/t13-/m1/s1. The number of aryl methyl sites for hydroxylation is 1. The zero-order valence-corrected chi connectivity index (χ0v) is 13.1. The molecule has 2 N–H and O–H groups in total. The van der Waals surface area contributed by atoms with E-state index in [-0.39, 0.29) is 12.1 Å². The van der Waals surface area contributed by atoms with Crippen LogP contribution < -0.4 is 10.6 Å². The highest BCUT2D eigenvalue weighted by molar-refractivity contribution is 5.67. The molecule has 0 fully saturated rings. The molecule has 0 aliphatic carbocycles. The van der Waals surface area contributed by atoms with Crippen LogP contribution in [0.3, 0.4) is 0 Å². The number of hydrogen-bond acceptors (Lipinski definition) is 3. The van der Waals surface area contributed by atoms with Gasteiger partial charge in [-0.3, -0.25) is 0 Å². The maximum atomic E-state index is 11.5. The van der Waals surface area contributed by atoms with Gasteiger partial charge in [-0.1, -0.05) is 24.3 Å². The van der Waals surface area contributed by atoms with Crippen molar-refractivity contribution < 1.29 is 9.53 Å². The largest absolute Gasteiger partial charge is 0.444 e. The molecule has 1 atom stereocenters. The molecule has 0 bridgehead atoms. The minimum absolute atomic E-state index is 0.261. The van der Waals surface area contributed by atoms with E-state index in [2.05, 4.69) is 36.6 Å². The fourth-order valence-electron chi connectivity index (χ4n) is 1.95. The molecule has 0 unspecified atom stereocenters. The SMILES string of the molecule is Cc1ccccc1[C@@H](C)NCCNC(=O)OC(C)(C)C. The Bertz CT molecular complexity index is 438. The second-order valence-electron chi connectivity index (χ2n) is 5.96. The molecule has 1 aromatic rings. The molecule has 0 aliphatic rings. The van der Waals surface area contributed by atoms with E-state index in [1.807, 2.05) is 32.9 Å². The van der Waals surface area contributed by atoms with Gasteiger partial charge in [-0.05, 0) is 45.7 Å². The molecule has 112 valence electrons. The Balaban J connectivity index is 2.28. The summed E-state index contributed by atoms with van der Waals surface area (Å²) < 4.78 is 5.17. The van der Waals surface area contributed by atoms with Gasteiger partial charge in [-0.15, -0.1) is 0 Å². The van der Waals surface area contributed by atoms with Gasteiger partial charge < -0.3 is 15.4 Å². The van der Waals surface area contributed by atoms with E-state index >= 15 is 0 Å². The molecule has 0 aromatic heterocycles. The van der Waals surface area contributed by atoms with Gasteiger partial charge in [0.1, 0.15) is 5.60 Å². The first-order valence-corrected chi connectivity index (χ1v) is 7.05. The number of alkyl carbamates (subject to hydrolysis) is 1. The average molecular weight is 278 g/mol. The molecule has 1 aromatic carbocycles. The second kappa shape index (κ2) is 7.29. The number of amides is 1. The van der Waals surface area contributed by atoms with Crippen molar-refractivity contribution in [2.75, 3.05) is 13.1 Å². The van der Waals surface area contributed by atoms with Crippen LogP contribution in [-0.4, -0.2) is 24.8 Å². The monoisotopic (exact) mass is 278 g/mol. The van der Waals surface area contributed by atoms with E-state index in [1.165, 1.54) is 11.1 Å². The van der Waals surface area contributed by atoms with Crippen molar-refractivity contribution in [2.45, 2.75) is 46.3 Å². The van der Waals surface area contributed by atoms with Gasteiger partial charge in [0.2, 0.25) is 0 Å². The first-order valence-electron chi connectivity index (χ1n) is 7.05. The van der Waals surface area contributed by atoms with Gasteiger partial charge in [-0.25, -0.2) is 4.79 Å². The lowest BCUT2D eigenvalue weighted by Gasteiger charge is -2.20. The van der Waals surface area contributed by atoms with Crippen LogP contribution in [0.4, 0.5) is 4.79 Å².